The maximum atomic E-state index is 10.7. The summed E-state index contributed by atoms with van der Waals surface area (Å²) in [5, 5.41) is 17.4. The van der Waals surface area contributed by atoms with Gasteiger partial charge in [0.25, 0.3) is 0 Å². The Hall–Kier alpha value is -1.20. The Morgan fingerprint density at radius 3 is 2.79 bits per heavy atom. The highest BCUT2D eigenvalue weighted by Crippen LogP contribution is 2.22. The lowest BCUT2D eigenvalue weighted by Crippen LogP contribution is -2.02. The van der Waals surface area contributed by atoms with Gasteiger partial charge in [-0.3, -0.25) is 0 Å². The van der Waals surface area contributed by atoms with Crippen molar-refractivity contribution in [3.05, 3.63) is 23.8 Å². The molecule has 0 amide bonds. The SMILES string of the molecule is Nc1ccc(SCCO)cc1C(=O)O. The summed E-state index contributed by atoms with van der Waals surface area (Å²) in [5.74, 6) is -0.489. The second-order valence-electron chi connectivity index (χ2n) is 2.63. The van der Waals surface area contributed by atoms with Gasteiger partial charge in [-0.25, -0.2) is 4.79 Å². The van der Waals surface area contributed by atoms with Crippen LogP contribution in [0.5, 0.6) is 0 Å². The second kappa shape index (κ2) is 4.88. The first-order valence-electron chi connectivity index (χ1n) is 4.01. The first kappa shape index (κ1) is 10.9. The average molecular weight is 213 g/mol. The van der Waals surface area contributed by atoms with Crippen molar-refractivity contribution >= 4 is 23.4 Å². The van der Waals surface area contributed by atoms with Gasteiger partial charge >= 0.3 is 5.97 Å². The van der Waals surface area contributed by atoms with E-state index in [9.17, 15) is 4.79 Å². The summed E-state index contributed by atoms with van der Waals surface area (Å²) >= 11 is 1.39. The Kier molecular flexibility index (Phi) is 3.79. The monoisotopic (exact) mass is 213 g/mol. The highest BCUT2D eigenvalue weighted by Gasteiger charge is 2.08. The van der Waals surface area contributed by atoms with Crippen molar-refractivity contribution in [2.75, 3.05) is 18.1 Å². The molecule has 0 heterocycles. The van der Waals surface area contributed by atoms with Gasteiger partial charge in [0.05, 0.1) is 12.2 Å². The molecule has 0 atom stereocenters. The average Bonchev–Trinajstić information content (AvgIpc) is 2.16. The van der Waals surface area contributed by atoms with Crippen molar-refractivity contribution in [2.24, 2.45) is 0 Å². The number of benzene rings is 1. The van der Waals surface area contributed by atoms with Crippen LogP contribution >= 0.6 is 11.8 Å². The summed E-state index contributed by atoms with van der Waals surface area (Å²) in [4.78, 5) is 11.5. The van der Waals surface area contributed by atoms with Crippen molar-refractivity contribution in [3.8, 4) is 0 Å². The smallest absolute Gasteiger partial charge is 0.337 e. The van der Waals surface area contributed by atoms with E-state index in [0.717, 1.165) is 4.90 Å². The van der Waals surface area contributed by atoms with Gasteiger partial charge in [0.2, 0.25) is 0 Å². The minimum Gasteiger partial charge on any atom is -0.478 e. The number of carbonyl (C=O) groups is 1. The lowest BCUT2D eigenvalue weighted by Gasteiger charge is -2.03. The minimum absolute atomic E-state index is 0.0669. The molecular weight excluding hydrogens is 202 g/mol. The topological polar surface area (TPSA) is 83.5 Å². The Balaban J connectivity index is 2.89. The normalized spacial score (nSPS) is 10.1. The molecule has 4 nitrogen and oxygen atoms in total. The molecule has 0 saturated heterocycles. The zero-order valence-corrected chi connectivity index (χ0v) is 8.25. The third-order valence-electron chi connectivity index (χ3n) is 1.62. The van der Waals surface area contributed by atoms with E-state index in [4.69, 9.17) is 15.9 Å². The van der Waals surface area contributed by atoms with Gasteiger partial charge in [-0.2, -0.15) is 0 Å². The summed E-state index contributed by atoms with van der Waals surface area (Å²) in [5.41, 5.74) is 5.84. The fraction of sp³-hybridized carbons (Fsp3) is 0.222. The third-order valence-corrected chi connectivity index (χ3v) is 2.59. The first-order valence-corrected chi connectivity index (χ1v) is 5.00. The van der Waals surface area contributed by atoms with Gasteiger partial charge in [0.15, 0.2) is 0 Å². The maximum absolute atomic E-state index is 10.7. The van der Waals surface area contributed by atoms with Crippen LogP contribution in [0.4, 0.5) is 5.69 Å². The quantitative estimate of drug-likeness (QED) is 0.514. The number of nitrogen functional groups attached to an aromatic ring is 1. The van der Waals surface area contributed by atoms with Crippen LogP contribution < -0.4 is 5.73 Å². The standard InChI is InChI=1S/C9H11NO3S/c10-8-2-1-6(14-4-3-11)5-7(8)9(12)13/h1-2,5,11H,3-4,10H2,(H,12,13). The Labute approximate surface area is 85.7 Å². The number of rotatable bonds is 4. The Bertz CT molecular complexity index is 341. The Morgan fingerprint density at radius 1 is 1.50 bits per heavy atom. The number of hydrogen-bond acceptors (Lipinski definition) is 4. The van der Waals surface area contributed by atoms with Crippen molar-refractivity contribution in [1.29, 1.82) is 0 Å². The van der Waals surface area contributed by atoms with E-state index < -0.39 is 5.97 Å². The third kappa shape index (κ3) is 2.65. The van der Waals surface area contributed by atoms with Crippen LogP contribution in [-0.4, -0.2) is 28.5 Å². The Morgan fingerprint density at radius 2 is 2.21 bits per heavy atom. The fourth-order valence-corrected chi connectivity index (χ4v) is 1.67. The molecule has 76 valence electrons. The molecule has 1 aromatic rings. The highest BCUT2D eigenvalue weighted by atomic mass is 32.2. The van der Waals surface area contributed by atoms with Crippen LogP contribution in [0.1, 0.15) is 10.4 Å². The molecule has 1 rings (SSSR count). The molecule has 0 aromatic heterocycles. The number of carboxylic acids is 1. The van der Waals surface area contributed by atoms with Crippen LogP contribution in [0, 0.1) is 0 Å². The number of thioether (sulfide) groups is 1. The molecule has 14 heavy (non-hydrogen) atoms. The zero-order chi connectivity index (χ0) is 10.6. The maximum Gasteiger partial charge on any atom is 0.337 e. The predicted molar refractivity (Wildman–Crippen MR) is 55.6 cm³/mol. The fourth-order valence-electron chi connectivity index (χ4n) is 0.974. The van der Waals surface area contributed by atoms with Crippen LogP contribution in [-0.2, 0) is 0 Å². The van der Waals surface area contributed by atoms with Crippen LogP contribution in [0.2, 0.25) is 0 Å². The van der Waals surface area contributed by atoms with Gasteiger partial charge in [-0.15, -0.1) is 11.8 Å². The van der Waals surface area contributed by atoms with E-state index in [-0.39, 0.29) is 17.9 Å². The molecule has 0 unspecified atom stereocenters. The number of nitrogens with two attached hydrogens (primary N) is 1. The van der Waals surface area contributed by atoms with E-state index in [0.29, 0.717) is 5.75 Å². The molecule has 0 aliphatic rings. The predicted octanol–water partition coefficient (Wildman–Crippen LogP) is 1.05. The molecule has 0 bridgehead atoms. The molecule has 0 fully saturated rings. The summed E-state index contributed by atoms with van der Waals surface area (Å²) in [7, 11) is 0. The molecule has 5 heteroatoms. The first-order chi connectivity index (χ1) is 6.65. The number of aromatic carboxylic acids is 1. The lowest BCUT2D eigenvalue weighted by atomic mass is 10.2. The molecule has 0 radical (unpaired) electrons. The van der Waals surface area contributed by atoms with Crippen molar-refractivity contribution < 1.29 is 15.0 Å². The molecule has 0 aliphatic carbocycles. The number of anilines is 1. The molecule has 0 aliphatic heterocycles. The lowest BCUT2D eigenvalue weighted by molar-refractivity contribution is 0.0698. The van der Waals surface area contributed by atoms with Crippen LogP contribution in [0.15, 0.2) is 23.1 Å². The van der Waals surface area contributed by atoms with E-state index in [2.05, 4.69) is 0 Å². The summed E-state index contributed by atoms with van der Waals surface area (Å²) in [6, 6.07) is 4.81. The largest absolute Gasteiger partial charge is 0.478 e. The molecule has 0 saturated carbocycles. The van der Waals surface area contributed by atoms with E-state index in [1.165, 1.54) is 17.8 Å². The van der Waals surface area contributed by atoms with Gasteiger partial charge in [0, 0.05) is 16.3 Å². The molecular formula is C9H11NO3S. The zero-order valence-electron chi connectivity index (χ0n) is 7.43. The van der Waals surface area contributed by atoms with Gasteiger partial charge in [-0.1, -0.05) is 0 Å². The van der Waals surface area contributed by atoms with Gasteiger partial charge in [0.1, 0.15) is 0 Å². The van der Waals surface area contributed by atoms with E-state index in [1.54, 1.807) is 12.1 Å². The van der Waals surface area contributed by atoms with E-state index >= 15 is 0 Å². The van der Waals surface area contributed by atoms with Crippen molar-refractivity contribution in [3.63, 3.8) is 0 Å². The van der Waals surface area contributed by atoms with Crippen molar-refractivity contribution in [2.45, 2.75) is 4.90 Å². The van der Waals surface area contributed by atoms with Crippen LogP contribution in [0.25, 0.3) is 0 Å². The number of aliphatic hydroxyl groups is 1. The summed E-state index contributed by atoms with van der Waals surface area (Å²) in [6.45, 7) is 0.0669. The minimum atomic E-state index is -1.03. The second-order valence-corrected chi connectivity index (χ2v) is 3.79. The number of aliphatic hydroxyl groups excluding tert-OH is 1. The molecule has 4 N–H and O–H groups in total. The van der Waals surface area contributed by atoms with Crippen molar-refractivity contribution in [1.82, 2.24) is 0 Å². The molecule has 0 spiro atoms. The van der Waals surface area contributed by atoms with E-state index in [1.807, 2.05) is 0 Å². The summed E-state index contributed by atoms with van der Waals surface area (Å²) in [6.07, 6.45) is 0. The molecule has 1 aromatic carbocycles. The highest BCUT2D eigenvalue weighted by molar-refractivity contribution is 7.99. The van der Waals surface area contributed by atoms with Gasteiger partial charge < -0.3 is 15.9 Å². The van der Waals surface area contributed by atoms with Crippen LogP contribution in [0.3, 0.4) is 0 Å². The summed E-state index contributed by atoms with van der Waals surface area (Å²) < 4.78 is 0. The number of hydrogen-bond donors (Lipinski definition) is 3. The van der Waals surface area contributed by atoms with Gasteiger partial charge in [-0.05, 0) is 18.2 Å². The number of carboxylic acid groups (broad SMARTS) is 1.